The fraction of sp³-hybridized carbons (Fsp3) is 0.111. The molecule has 0 saturated heterocycles. The lowest BCUT2D eigenvalue weighted by molar-refractivity contribution is 1.65. The van der Waals surface area contributed by atoms with Crippen molar-refractivity contribution in [1.29, 1.82) is 0 Å². The van der Waals surface area contributed by atoms with E-state index in [4.69, 9.17) is 11.6 Å². The first kappa shape index (κ1) is 8.54. The highest BCUT2D eigenvalue weighted by atomic mass is 79.9. The van der Waals surface area contributed by atoms with Gasteiger partial charge in [-0.1, -0.05) is 27.5 Å². The number of thiophene rings is 1. The molecule has 0 N–H and O–H groups in total. The van der Waals surface area contributed by atoms with E-state index < -0.39 is 0 Å². The lowest BCUT2D eigenvalue weighted by Crippen LogP contribution is -1.67. The van der Waals surface area contributed by atoms with E-state index in [1.807, 2.05) is 12.1 Å². The molecule has 62 valence electrons. The lowest BCUT2D eigenvalue weighted by atomic mass is 10.2. The third-order valence-corrected chi connectivity index (χ3v) is 3.91. The Hall–Kier alpha value is -0.0500. The van der Waals surface area contributed by atoms with E-state index >= 15 is 0 Å². The van der Waals surface area contributed by atoms with Crippen molar-refractivity contribution < 1.29 is 0 Å². The molecule has 0 bridgehead atoms. The number of hydrogen-bond donors (Lipinski definition) is 0. The second kappa shape index (κ2) is 3.02. The van der Waals surface area contributed by atoms with Crippen molar-refractivity contribution in [3.63, 3.8) is 0 Å². The largest absolute Gasteiger partial charge is 0.139 e. The van der Waals surface area contributed by atoms with Crippen molar-refractivity contribution in [2.75, 3.05) is 0 Å². The van der Waals surface area contributed by atoms with Gasteiger partial charge in [0.1, 0.15) is 0 Å². The Morgan fingerprint density at radius 2 is 2.17 bits per heavy atom. The Labute approximate surface area is 88.3 Å². The Morgan fingerprint density at radius 1 is 1.42 bits per heavy atom. The van der Waals surface area contributed by atoms with Crippen LogP contribution in [0.4, 0.5) is 0 Å². The van der Waals surface area contributed by atoms with Crippen LogP contribution in [-0.4, -0.2) is 0 Å². The van der Waals surface area contributed by atoms with Crippen molar-refractivity contribution >= 4 is 49.0 Å². The van der Waals surface area contributed by atoms with Crippen molar-refractivity contribution in [2.45, 2.75) is 6.92 Å². The molecule has 12 heavy (non-hydrogen) atoms. The summed E-state index contributed by atoms with van der Waals surface area (Å²) in [5, 5.41) is 2.05. The maximum atomic E-state index is 6.03. The van der Waals surface area contributed by atoms with Gasteiger partial charge in [0, 0.05) is 14.7 Å². The maximum Gasteiger partial charge on any atom is 0.0585 e. The summed E-state index contributed by atoms with van der Waals surface area (Å²) in [6.45, 7) is 2.09. The summed E-state index contributed by atoms with van der Waals surface area (Å²) in [7, 11) is 0. The molecule has 0 unspecified atom stereocenters. The smallest absolute Gasteiger partial charge is 0.0585 e. The highest BCUT2D eigenvalue weighted by Gasteiger charge is 2.05. The first-order valence-corrected chi connectivity index (χ1v) is 5.51. The van der Waals surface area contributed by atoms with Crippen molar-refractivity contribution in [2.24, 2.45) is 0 Å². The molecule has 0 aliphatic heterocycles. The molecule has 0 radical (unpaired) electrons. The number of rotatable bonds is 0. The van der Waals surface area contributed by atoms with Gasteiger partial charge in [-0.2, -0.15) is 0 Å². The number of aryl methyl sites for hydroxylation is 1. The van der Waals surface area contributed by atoms with Crippen molar-refractivity contribution in [1.82, 2.24) is 0 Å². The molecule has 0 amide bonds. The molecular weight excluding hydrogens is 256 g/mol. The minimum Gasteiger partial charge on any atom is -0.139 e. The van der Waals surface area contributed by atoms with E-state index in [1.165, 1.54) is 15.0 Å². The maximum absolute atomic E-state index is 6.03. The number of hydrogen-bond acceptors (Lipinski definition) is 1. The second-order valence-corrected chi connectivity index (χ2v) is 5.15. The van der Waals surface area contributed by atoms with Crippen LogP contribution in [0.2, 0.25) is 5.02 Å². The van der Waals surface area contributed by atoms with Gasteiger partial charge in [-0.3, -0.25) is 0 Å². The topological polar surface area (TPSA) is 0 Å². The van der Waals surface area contributed by atoms with Gasteiger partial charge in [0.15, 0.2) is 0 Å². The molecule has 0 saturated carbocycles. The summed E-state index contributed by atoms with van der Waals surface area (Å²) in [5.41, 5.74) is 0. The highest BCUT2D eigenvalue weighted by molar-refractivity contribution is 9.10. The van der Waals surface area contributed by atoms with E-state index in [2.05, 4.69) is 28.9 Å². The summed E-state index contributed by atoms with van der Waals surface area (Å²) in [5.74, 6) is 0. The molecular formula is C9H6BrClS. The quantitative estimate of drug-likeness (QED) is 0.649. The Morgan fingerprint density at radius 3 is 2.83 bits per heavy atom. The molecule has 2 rings (SSSR count). The van der Waals surface area contributed by atoms with E-state index in [1.54, 1.807) is 11.3 Å². The van der Waals surface area contributed by atoms with Gasteiger partial charge in [0.25, 0.3) is 0 Å². The Bertz CT molecular complexity index is 394. The summed E-state index contributed by atoms with van der Waals surface area (Å²) in [6, 6.07) is 6.05. The molecule has 1 heterocycles. The van der Waals surface area contributed by atoms with Gasteiger partial charge in [0.2, 0.25) is 0 Å². The number of halogens is 2. The Kier molecular flexibility index (Phi) is 2.15. The first-order valence-electron chi connectivity index (χ1n) is 3.52. The number of fused-ring (bicyclic) bond motifs is 1. The van der Waals surface area contributed by atoms with Crippen LogP contribution in [-0.2, 0) is 0 Å². The summed E-state index contributed by atoms with van der Waals surface area (Å²) in [6.07, 6.45) is 0. The zero-order valence-electron chi connectivity index (χ0n) is 6.40. The van der Waals surface area contributed by atoms with Gasteiger partial charge in [-0.15, -0.1) is 11.3 Å². The predicted octanol–water partition coefficient (Wildman–Crippen LogP) is 4.63. The summed E-state index contributed by atoms with van der Waals surface area (Å²) < 4.78 is 2.29. The van der Waals surface area contributed by atoms with Gasteiger partial charge in [-0.05, 0) is 25.1 Å². The lowest BCUT2D eigenvalue weighted by Gasteiger charge is -1.94. The monoisotopic (exact) mass is 260 g/mol. The van der Waals surface area contributed by atoms with Crippen molar-refractivity contribution in [3.8, 4) is 0 Å². The average molecular weight is 262 g/mol. The standard InChI is InChI=1S/C9H6BrClS/c1-5-4-6-7(10)2-3-8(11)9(6)12-5/h2-4H,1H3. The first-order chi connectivity index (χ1) is 5.68. The third kappa shape index (κ3) is 1.28. The highest BCUT2D eigenvalue weighted by Crippen LogP contribution is 2.35. The summed E-state index contributed by atoms with van der Waals surface area (Å²) in [4.78, 5) is 1.29. The van der Waals surface area contributed by atoms with Crippen LogP contribution >= 0.6 is 38.9 Å². The third-order valence-electron chi connectivity index (χ3n) is 1.71. The van der Waals surface area contributed by atoms with E-state index in [9.17, 15) is 0 Å². The van der Waals surface area contributed by atoms with Crippen LogP contribution in [0.15, 0.2) is 22.7 Å². The minimum absolute atomic E-state index is 0.839. The zero-order valence-corrected chi connectivity index (χ0v) is 9.55. The normalized spacial score (nSPS) is 10.9. The number of benzene rings is 1. The van der Waals surface area contributed by atoms with E-state index in [0.29, 0.717) is 0 Å². The van der Waals surface area contributed by atoms with Crippen LogP contribution in [0, 0.1) is 6.92 Å². The van der Waals surface area contributed by atoms with Crippen LogP contribution < -0.4 is 0 Å². The molecule has 0 spiro atoms. The molecule has 0 nitrogen and oxygen atoms in total. The molecule has 0 aliphatic rings. The molecule has 0 aliphatic carbocycles. The van der Waals surface area contributed by atoms with Crippen molar-refractivity contribution in [3.05, 3.63) is 32.6 Å². The fourth-order valence-corrected chi connectivity index (χ4v) is 2.98. The molecule has 2 aromatic rings. The van der Waals surface area contributed by atoms with Crippen LogP contribution in [0.5, 0.6) is 0 Å². The average Bonchev–Trinajstić information content (AvgIpc) is 2.41. The molecule has 1 aromatic heterocycles. The molecule has 0 atom stereocenters. The van der Waals surface area contributed by atoms with E-state index in [-0.39, 0.29) is 0 Å². The van der Waals surface area contributed by atoms with Gasteiger partial charge in [0.05, 0.1) is 9.72 Å². The van der Waals surface area contributed by atoms with Crippen LogP contribution in [0.1, 0.15) is 4.88 Å². The van der Waals surface area contributed by atoms with Gasteiger partial charge in [-0.25, -0.2) is 0 Å². The van der Waals surface area contributed by atoms with Gasteiger partial charge >= 0.3 is 0 Å². The zero-order chi connectivity index (χ0) is 8.72. The Balaban J connectivity index is 2.93. The minimum atomic E-state index is 0.839. The van der Waals surface area contributed by atoms with E-state index in [0.717, 1.165) is 9.50 Å². The molecule has 1 aromatic carbocycles. The SMILES string of the molecule is Cc1cc2c(Br)ccc(Cl)c2s1. The summed E-state index contributed by atoms with van der Waals surface area (Å²) >= 11 is 11.3. The predicted molar refractivity (Wildman–Crippen MR) is 59.3 cm³/mol. The van der Waals surface area contributed by atoms with Crippen LogP contribution in [0.25, 0.3) is 10.1 Å². The fourth-order valence-electron chi connectivity index (χ4n) is 1.18. The van der Waals surface area contributed by atoms with Gasteiger partial charge < -0.3 is 0 Å². The molecule has 0 fully saturated rings. The van der Waals surface area contributed by atoms with Crippen LogP contribution in [0.3, 0.4) is 0 Å². The second-order valence-electron chi connectivity index (χ2n) is 2.63. The molecule has 3 heteroatoms.